The molecule has 8 heteroatoms. The van der Waals surface area contributed by atoms with E-state index in [2.05, 4.69) is 29.5 Å². The summed E-state index contributed by atoms with van der Waals surface area (Å²) >= 11 is 0. The van der Waals surface area contributed by atoms with Crippen LogP contribution in [0.2, 0.25) is 0 Å². The molecule has 1 saturated carbocycles. The summed E-state index contributed by atoms with van der Waals surface area (Å²) in [5, 5.41) is 6.14. The molecule has 4 rings (SSSR count). The van der Waals surface area contributed by atoms with Gasteiger partial charge in [-0.25, -0.2) is 9.78 Å². The van der Waals surface area contributed by atoms with E-state index in [9.17, 15) is 9.59 Å². The summed E-state index contributed by atoms with van der Waals surface area (Å²) in [4.78, 5) is 31.9. The number of rotatable bonds is 5. The van der Waals surface area contributed by atoms with E-state index in [1.807, 2.05) is 15.7 Å². The van der Waals surface area contributed by atoms with Gasteiger partial charge in [0.1, 0.15) is 11.4 Å². The fraction of sp³-hybridized carbons (Fsp3) is 0.783. The molecule has 1 aromatic heterocycles. The Morgan fingerprint density at radius 3 is 2.65 bits per heavy atom. The molecular weight excluding hydrogens is 394 g/mol. The molecule has 1 spiro atoms. The predicted molar refractivity (Wildman–Crippen MR) is 117 cm³/mol. The zero-order valence-electron chi connectivity index (χ0n) is 18.9. The lowest BCUT2D eigenvalue weighted by Gasteiger charge is -2.45. The minimum absolute atomic E-state index is 0.0193. The summed E-state index contributed by atoms with van der Waals surface area (Å²) < 4.78 is 8.47. The van der Waals surface area contributed by atoms with Gasteiger partial charge in [-0.3, -0.25) is 4.79 Å². The van der Waals surface area contributed by atoms with E-state index in [1.54, 1.807) is 6.20 Å². The minimum atomic E-state index is -0.609. The lowest BCUT2D eigenvalue weighted by atomic mass is 9.88. The number of aromatic nitrogens is 2. The van der Waals surface area contributed by atoms with Gasteiger partial charge in [0.2, 0.25) is 0 Å². The summed E-state index contributed by atoms with van der Waals surface area (Å²) in [6, 6.07) is 0.0193. The molecular formula is C23H37N5O3. The van der Waals surface area contributed by atoms with Gasteiger partial charge in [0.15, 0.2) is 6.10 Å². The zero-order chi connectivity index (χ0) is 21.8. The van der Waals surface area contributed by atoms with Crippen molar-refractivity contribution in [2.75, 3.05) is 26.2 Å². The highest BCUT2D eigenvalue weighted by atomic mass is 16.5. The third-order valence-corrected chi connectivity index (χ3v) is 6.96. The SMILES string of the molecule is CC(C)CNC(=O)C1Cn2ccnc2C2(CCN(C(=O)NCC3CCCCC3)CC2)O1. The summed E-state index contributed by atoms with van der Waals surface area (Å²) in [6.07, 6.45) is 10.8. The average Bonchev–Trinajstić information content (AvgIpc) is 3.27. The third-order valence-electron chi connectivity index (χ3n) is 6.96. The van der Waals surface area contributed by atoms with Gasteiger partial charge in [0.05, 0.1) is 6.54 Å². The molecule has 2 aliphatic heterocycles. The highest BCUT2D eigenvalue weighted by Gasteiger charge is 2.47. The molecule has 172 valence electrons. The number of hydrogen-bond acceptors (Lipinski definition) is 4. The summed E-state index contributed by atoms with van der Waals surface area (Å²) in [6.45, 7) is 7.25. The van der Waals surface area contributed by atoms with Crippen LogP contribution < -0.4 is 10.6 Å². The predicted octanol–water partition coefficient (Wildman–Crippen LogP) is 2.64. The molecule has 2 fully saturated rings. The standard InChI is InChI=1S/C23H37N5O3/c1-17(2)14-25-20(29)19-16-28-13-10-24-21(28)23(31-19)8-11-27(12-9-23)22(30)26-15-18-6-4-3-5-7-18/h10,13,17-19H,3-9,11-12,14-16H2,1-2H3,(H,25,29)(H,26,30). The summed E-state index contributed by atoms with van der Waals surface area (Å²) in [7, 11) is 0. The topological polar surface area (TPSA) is 88.5 Å². The summed E-state index contributed by atoms with van der Waals surface area (Å²) in [5.74, 6) is 1.82. The minimum Gasteiger partial charge on any atom is -0.354 e. The molecule has 1 unspecified atom stereocenters. The van der Waals surface area contributed by atoms with Crippen LogP contribution in [-0.2, 0) is 21.7 Å². The molecule has 31 heavy (non-hydrogen) atoms. The molecule has 3 heterocycles. The molecule has 1 aromatic rings. The van der Waals surface area contributed by atoms with E-state index in [0.717, 1.165) is 12.4 Å². The number of nitrogens with one attached hydrogen (secondary N) is 2. The van der Waals surface area contributed by atoms with Gasteiger partial charge >= 0.3 is 6.03 Å². The highest BCUT2D eigenvalue weighted by molar-refractivity contribution is 5.81. The molecule has 3 aliphatic rings. The second-order valence-electron chi connectivity index (χ2n) is 9.82. The lowest BCUT2D eigenvalue weighted by Crippen LogP contribution is -2.56. The second-order valence-corrected chi connectivity index (χ2v) is 9.82. The molecule has 3 amide bonds. The Labute approximate surface area is 185 Å². The monoisotopic (exact) mass is 431 g/mol. The van der Waals surface area contributed by atoms with E-state index in [-0.39, 0.29) is 11.9 Å². The normalized spacial score (nSPS) is 23.6. The van der Waals surface area contributed by atoms with Crippen molar-refractivity contribution in [1.82, 2.24) is 25.1 Å². The van der Waals surface area contributed by atoms with Gasteiger partial charge in [-0.1, -0.05) is 33.1 Å². The Balaban J connectivity index is 1.35. The van der Waals surface area contributed by atoms with Crippen LogP contribution in [0, 0.1) is 11.8 Å². The number of carbonyl (C=O) groups is 2. The van der Waals surface area contributed by atoms with Crippen molar-refractivity contribution < 1.29 is 14.3 Å². The molecule has 8 nitrogen and oxygen atoms in total. The third kappa shape index (κ3) is 5.05. The molecule has 1 saturated heterocycles. The second kappa shape index (κ2) is 9.59. The van der Waals surface area contributed by atoms with Crippen LogP contribution in [-0.4, -0.2) is 58.7 Å². The van der Waals surface area contributed by atoms with E-state index in [0.29, 0.717) is 50.9 Å². The fourth-order valence-corrected chi connectivity index (χ4v) is 5.10. The molecule has 1 aliphatic carbocycles. The van der Waals surface area contributed by atoms with Gasteiger partial charge in [-0.2, -0.15) is 0 Å². The first-order chi connectivity index (χ1) is 15.0. The number of amides is 3. The van der Waals surface area contributed by atoms with Crippen molar-refractivity contribution in [1.29, 1.82) is 0 Å². The fourth-order valence-electron chi connectivity index (χ4n) is 5.10. The van der Waals surface area contributed by atoms with E-state index < -0.39 is 11.7 Å². The Morgan fingerprint density at radius 1 is 1.19 bits per heavy atom. The number of imidazole rings is 1. The number of fused-ring (bicyclic) bond motifs is 2. The number of carbonyl (C=O) groups excluding carboxylic acids is 2. The van der Waals surface area contributed by atoms with Gasteiger partial charge in [0.25, 0.3) is 5.91 Å². The Kier molecular flexibility index (Phi) is 6.84. The maximum Gasteiger partial charge on any atom is 0.317 e. The van der Waals surface area contributed by atoms with E-state index in [1.165, 1.54) is 32.1 Å². The van der Waals surface area contributed by atoms with Crippen LogP contribution in [0.3, 0.4) is 0 Å². The van der Waals surface area contributed by atoms with Crippen LogP contribution in [0.1, 0.15) is 64.6 Å². The van der Waals surface area contributed by atoms with Crippen LogP contribution in [0.15, 0.2) is 12.4 Å². The van der Waals surface area contributed by atoms with Crippen molar-refractivity contribution in [3.63, 3.8) is 0 Å². The smallest absolute Gasteiger partial charge is 0.317 e. The maximum absolute atomic E-state index is 12.7. The molecule has 0 aromatic carbocycles. The number of likely N-dealkylation sites (tertiary alicyclic amines) is 1. The molecule has 1 atom stereocenters. The quantitative estimate of drug-likeness (QED) is 0.750. The van der Waals surface area contributed by atoms with Crippen molar-refractivity contribution in [3.8, 4) is 0 Å². The van der Waals surface area contributed by atoms with Crippen LogP contribution in [0.25, 0.3) is 0 Å². The van der Waals surface area contributed by atoms with Gasteiger partial charge in [0, 0.05) is 51.4 Å². The largest absolute Gasteiger partial charge is 0.354 e. The van der Waals surface area contributed by atoms with Gasteiger partial charge < -0.3 is 24.8 Å². The lowest BCUT2D eigenvalue weighted by molar-refractivity contribution is -0.171. The van der Waals surface area contributed by atoms with Gasteiger partial charge in [-0.15, -0.1) is 0 Å². The average molecular weight is 432 g/mol. The highest BCUT2D eigenvalue weighted by Crippen LogP contribution is 2.40. The summed E-state index contributed by atoms with van der Waals surface area (Å²) in [5.41, 5.74) is -0.609. The van der Waals surface area contributed by atoms with Crippen LogP contribution in [0.4, 0.5) is 4.79 Å². The number of piperidine rings is 1. The Hall–Kier alpha value is -2.09. The Bertz CT molecular complexity index is 763. The van der Waals surface area contributed by atoms with Crippen molar-refractivity contribution in [2.24, 2.45) is 11.8 Å². The van der Waals surface area contributed by atoms with Crippen molar-refractivity contribution >= 4 is 11.9 Å². The van der Waals surface area contributed by atoms with Gasteiger partial charge in [-0.05, 0) is 24.7 Å². The van der Waals surface area contributed by atoms with E-state index in [4.69, 9.17) is 4.74 Å². The molecule has 0 radical (unpaired) electrons. The van der Waals surface area contributed by atoms with Crippen LogP contribution >= 0.6 is 0 Å². The first kappa shape index (κ1) is 22.1. The Morgan fingerprint density at radius 2 is 1.94 bits per heavy atom. The number of urea groups is 1. The maximum atomic E-state index is 12.7. The van der Waals surface area contributed by atoms with E-state index >= 15 is 0 Å². The number of hydrogen-bond donors (Lipinski definition) is 2. The first-order valence-corrected chi connectivity index (χ1v) is 12.0. The molecule has 2 N–H and O–H groups in total. The van der Waals surface area contributed by atoms with Crippen molar-refractivity contribution in [3.05, 3.63) is 18.2 Å². The van der Waals surface area contributed by atoms with Crippen molar-refractivity contribution in [2.45, 2.75) is 77.0 Å². The zero-order valence-corrected chi connectivity index (χ0v) is 18.9. The number of ether oxygens (including phenoxy) is 1. The van der Waals surface area contributed by atoms with Crippen LogP contribution in [0.5, 0.6) is 0 Å². The molecule has 0 bridgehead atoms. The number of nitrogens with zero attached hydrogens (tertiary/aromatic N) is 3. The first-order valence-electron chi connectivity index (χ1n) is 12.0.